The van der Waals surface area contributed by atoms with E-state index in [4.69, 9.17) is 14.2 Å². The Morgan fingerprint density at radius 1 is 0.266 bits per heavy atom. The van der Waals surface area contributed by atoms with Crippen molar-refractivity contribution in [1.82, 2.24) is 0 Å². The Bertz CT molecular complexity index is 1870. The van der Waals surface area contributed by atoms with E-state index in [1.807, 2.05) is 6.08 Å². The van der Waals surface area contributed by atoms with Crippen molar-refractivity contribution >= 4 is 17.9 Å². The van der Waals surface area contributed by atoms with Gasteiger partial charge in [-0.25, -0.2) is 0 Å². The van der Waals surface area contributed by atoms with Gasteiger partial charge in [0.15, 0.2) is 6.10 Å². The second kappa shape index (κ2) is 65.0. The molecule has 0 amide bonds. The molecule has 6 heteroatoms. The first-order valence-electron chi connectivity index (χ1n) is 31.3. The minimum atomic E-state index is -0.854. The van der Waals surface area contributed by atoms with Gasteiger partial charge in [-0.15, -0.1) is 0 Å². The summed E-state index contributed by atoms with van der Waals surface area (Å²) in [5.41, 5.74) is 0. The first-order valence-corrected chi connectivity index (χ1v) is 31.3. The smallest absolute Gasteiger partial charge is 0.309 e. The predicted octanol–water partition coefficient (Wildman–Crippen LogP) is 21.7. The summed E-state index contributed by atoms with van der Waals surface area (Å²) in [5, 5.41) is 0. The summed E-state index contributed by atoms with van der Waals surface area (Å²) in [4.78, 5) is 38.2. The molecular weight excluding hydrogens is 973 g/mol. The van der Waals surface area contributed by atoms with Gasteiger partial charge >= 0.3 is 17.9 Å². The molecule has 1 atom stereocenters. The van der Waals surface area contributed by atoms with E-state index in [-0.39, 0.29) is 38.0 Å². The second-order valence-corrected chi connectivity index (χ2v) is 19.8. The van der Waals surface area contributed by atoms with Crippen molar-refractivity contribution in [2.45, 2.75) is 245 Å². The Morgan fingerprint density at radius 2 is 0.506 bits per heavy atom. The quantitative estimate of drug-likeness (QED) is 0.0261. The minimum absolute atomic E-state index is 0.108. The molecule has 0 rings (SSSR count). The first-order chi connectivity index (χ1) is 39.0. The molecule has 0 N–H and O–H groups in total. The third kappa shape index (κ3) is 63.2. The van der Waals surface area contributed by atoms with E-state index in [0.717, 1.165) is 128 Å². The van der Waals surface area contributed by atoms with Gasteiger partial charge in [-0.05, 0) is 135 Å². The highest BCUT2D eigenvalue weighted by molar-refractivity contribution is 5.72. The largest absolute Gasteiger partial charge is 0.462 e. The number of rotatable bonds is 54. The van der Waals surface area contributed by atoms with Gasteiger partial charge in [0.25, 0.3) is 0 Å². The molecule has 0 bridgehead atoms. The number of carbonyl (C=O) groups is 3. The van der Waals surface area contributed by atoms with Gasteiger partial charge in [0.1, 0.15) is 13.2 Å². The molecule has 0 aromatic heterocycles. The summed E-state index contributed by atoms with van der Waals surface area (Å²) in [7, 11) is 0. The van der Waals surface area contributed by atoms with Crippen LogP contribution in [-0.2, 0) is 28.6 Å². The van der Waals surface area contributed by atoms with E-state index >= 15 is 0 Å². The van der Waals surface area contributed by atoms with Crippen LogP contribution in [-0.4, -0.2) is 37.2 Å². The molecule has 0 fully saturated rings. The van der Waals surface area contributed by atoms with Gasteiger partial charge < -0.3 is 14.2 Å². The normalized spacial score (nSPS) is 13.4. The molecule has 440 valence electrons. The van der Waals surface area contributed by atoms with Crippen LogP contribution >= 0.6 is 0 Å². The van der Waals surface area contributed by atoms with Gasteiger partial charge in [0.05, 0.1) is 6.42 Å². The maximum absolute atomic E-state index is 12.9. The fraction of sp³-hybridized carbons (Fsp3) is 0.548. The standard InChI is InChI=1S/C73H112O6/c1-4-7-10-13-16-19-22-25-28-30-32-34-35-36-37-39-40-42-45-48-51-54-57-60-63-66-72(75)78-69-70(68-77-71(74)65-62-59-56-53-50-47-44-27-24-21-18-15-12-9-6-3)79-73(76)67-64-61-58-55-52-49-46-43-41-38-33-31-29-26-23-20-17-14-11-8-5-2/h7-12,16-21,25-29,32-34,38,43-44,46,50,52-53,55,59,62,70H,4-6,13-15,22-24,30-31,35-37,39-42,45,47-49,51,54,56-58,60-61,63-69H2,1-3H3/b10-7-,11-8-,12-9-,19-16-,20-17-,21-18-,28-25-,29-26-,34-32-,38-33-,44-27-,46-43-,53-50-,55-52-,62-59-. The lowest BCUT2D eigenvalue weighted by atomic mass is 10.0. The monoisotopic (exact) mass is 1080 g/mol. The molecular formula is C73H112O6. The van der Waals surface area contributed by atoms with Crippen molar-refractivity contribution < 1.29 is 28.6 Å². The molecule has 0 aliphatic heterocycles. The Hall–Kier alpha value is -5.49. The van der Waals surface area contributed by atoms with Crippen LogP contribution in [0.25, 0.3) is 0 Å². The highest BCUT2D eigenvalue weighted by Gasteiger charge is 2.19. The number of hydrogen-bond donors (Lipinski definition) is 0. The zero-order chi connectivity index (χ0) is 57.1. The maximum Gasteiger partial charge on any atom is 0.309 e. The molecule has 79 heavy (non-hydrogen) atoms. The number of ether oxygens (including phenoxy) is 3. The summed E-state index contributed by atoms with van der Waals surface area (Å²) in [6.07, 6.45) is 97.8. The van der Waals surface area contributed by atoms with Crippen LogP contribution in [0.4, 0.5) is 0 Å². The van der Waals surface area contributed by atoms with Crippen molar-refractivity contribution in [1.29, 1.82) is 0 Å². The highest BCUT2D eigenvalue weighted by atomic mass is 16.6. The third-order valence-electron chi connectivity index (χ3n) is 12.4. The molecule has 0 aliphatic rings. The molecule has 0 saturated carbocycles. The molecule has 0 saturated heterocycles. The molecule has 0 aromatic carbocycles. The van der Waals surface area contributed by atoms with E-state index in [1.165, 1.54) is 64.2 Å². The zero-order valence-electron chi connectivity index (χ0n) is 50.3. The topological polar surface area (TPSA) is 78.9 Å². The van der Waals surface area contributed by atoms with E-state index in [1.54, 1.807) is 6.08 Å². The zero-order valence-corrected chi connectivity index (χ0v) is 50.3. The van der Waals surface area contributed by atoms with Gasteiger partial charge in [-0.1, -0.05) is 267 Å². The Morgan fingerprint density at radius 3 is 0.848 bits per heavy atom. The highest BCUT2D eigenvalue weighted by Crippen LogP contribution is 2.14. The van der Waals surface area contributed by atoms with Crippen molar-refractivity contribution in [3.63, 3.8) is 0 Å². The van der Waals surface area contributed by atoms with Crippen LogP contribution in [0.5, 0.6) is 0 Å². The molecule has 0 heterocycles. The Balaban J connectivity index is 4.53. The van der Waals surface area contributed by atoms with E-state index in [2.05, 4.69) is 191 Å². The second-order valence-electron chi connectivity index (χ2n) is 19.8. The van der Waals surface area contributed by atoms with Crippen molar-refractivity contribution in [3.8, 4) is 0 Å². The summed E-state index contributed by atoms with van der Waals surface area (Å²) in [6.45, 7) is 6.16. The molecule has 0 aliphatic carbocycles. The predicted molar refractivity (Wildman–Crippen MR) is 343 cm³/mol. The molecule has 6 nitrogen and oxygen atoms in total. The Kier molecular flexibility index (Phi) is 60.5. The van der Waals surface area contributed by atoms with E-state index in [0.29, 0.717) is 12.8 Å². The number of allylic oxidation sites excluding steroid dienone is 29. The van der Waals surface area contributed by atoms with E-state index in [9.17, 15) is 14.4 Å². The van der Waals surface area contributed by atoms with Gasteiger partial charge in [-0.2, -0.15) is 0 Å². The van der Waals surface area contributed by atoms with Gasteiger partial charge in [0.2, 0.25) is 0 Å². The minimum Gasteiger partial charge on any atom is -0.462 e. The lowest BCUT2D eigenvalue weighted by Crippen LogP contribution is -2.30. The molecule has 1 unspecified atom stereocenters. The Labute approximate surface area is 484 Å². The number of carbonyl (C=O) groups excluding carboxylic acids is 3. The molecule has 0 spiro atoms. The molecule has 0 aromatic rings. The lowest BCUT2D eigenvalue weighted by Gasteiger charge is -2.18. The third-order valence-corrected chi connectivity index (χ3v) is 12.4. The van der Waals surface area contributed by atoms with Crippen LogP contribution < -0.4 is 0 Å². The van der Waals surface area contributed by atoms with Crippen molar-refractivity contribution in [3.05, 3.63) is 182 Å². The maximum atomic E-state index is 12.9. The fourth-order valence-corrected chi connectivity index (χ4v) is 7.86. The van der Waals surface area contributed by atoms with Gasteiger partial charge in [0, 0.05) is 12.8 Å². The average Bonchev–Trinajstić information content (AvgIpc) is 3.45. The van der Waals surface area contributed by atoms with Crippen LogP contribution in [0.15, 0.2) is 182 Å². The summed E-state index contributed by atoms with van der Waals surface area (Å²) in [6, 6.07) is 0. The summed E-state index contributed by atoms with van der Waals surface area (Å²) in [5.74, 6) is -1.12. The van der Waals surface area contributed by atoms with Crippen LogP contribution in [0.2, 0.25) is 0 Å². The lowest BCUT2D eigenvalue weighted by molar-refractivity contribution is -0.166. The van der Waals surface area contributed by atoms with Crippen molar-refractivity contribution in [2.75, 3.05) is 13.2 Å². The SMILES string of the molecule is CC/C=C\C/C=C\C/C=C\C/C=C\C/C=C\C/C=C\CCCCC(=O)OC(COC(=O)C/C=C\C/C=C\C/C=C\C/C=C\C/C=C\CC)COC(=O)CCCCCCCCCCCCCC/C=C\C/C=C\C/C=C\C/C=C\CC. The molecule has 0 radical (unpaired) electrons. The van der Waals surface area contributed by atoms with Crippen molar-refractivity contribution in [2.24, 2.45) is 0 Å². The van der Waals surface area contributed by atoms with Crippen LogP contribution in [0.3, 0.4) is 0 Å². The van der Waals surface area contributed by atoms with Crippen LogP contribution in [0.1, 0.15) is 239 Å². The number of esters is 3. The first kappa shape index (κ1) is 73.5. The van der Waals surface area contributed by atoms with E-state index < -0.39 is 12.1 Å². The number of hydrogen-bond acceptors (Lipinski definition) is 6. The fourth-order valence-electron chi connectivity index (χ4n) is 7.86. The number of unbranched alkanes of at least 4 members (excludes halogenated alkanes) is 14. The average molecular weight is 1090 g/mol. The summed E-state index contributed by atoms with van der Waals surface area (Å²) < 4.78 is 16.8. The summed E-state index contributed by atoms with van der Waals surface area (Å²) >= 11 is 0. The van der Waals surface area contributed by atoms with Gasteiger partial charge in [-0.3, -0.25) is 14.4 Å². The van der Waals surface area contributed by atoms with Crippen LogP contribution in [0, 0.1) is 0 Å².